The van der Waals surface area contributed by atoms with Crippen LogP contribution < -0.4 is 15.5 Å². The number of benzene rings is 1. The molecule has 0 saturated carbocycles. The fourth-order valence-electron chi connectivity index (χ4n) is 3.01. The van der Waals surface area contributed by atoms with E-state index in [0.717, 1.165) is 38.8 Å². The number of urea groups is 1. The minimum Gasteiger partial charge on any atom is -0.396 e. The third kappa shape index (κ3) is 6.04. The maximum atomic E-state index is 12.0. The summed E-state index contributed by atoms with van der Waals surface area (Å²) < 4.78 is 0. The van der Waals surface area contributed by atoms with E-state index in [4.69, 9.17) is 0 Å². The van der Waals surface area contributed by atoms with Crippen molar-refractivity contribution in [3.63, 3.8) is 0 Å². The number of anilines is 1. The molecule has 0 unspecified atom stereocenters. The van der Waals surface area contributed by atoms with Crippen molar-refractivity contribution in [2.24, 2.45) is 5.41 Å². The van der Waals surface area contributed by atoms with Crippen LogP contribution in [0, 0.1) is 5.41 Å². The van der Waals surface area contributed by atoms with Crippen LogP contribution in [-0.4, -0.2) is 43.4 Å². The molecular weight excluding hydrogens is 302 g/mol. The Hall–Kier alpha value is -1.75. The summed E-state index contributed by atoms with van der Waals surface area (Å²) >= 11 is 0. The molecule has 1 aliphatic rings. The molecule has 0 spiro atoms. The first kappa shape index (κ1) is 18.6. The Balaban J connectivity index is 1.62. The van der Waals surface area contributed by atoms with Crippen LogP contribution in [0.5, 0.6) is 0 Å². The number of carbonyl (C=O) groups excluding carboxylic acids is 1. The van der Waals surface area contributed by atoms with Gasteiger partial charge < -0.3 is 20.6 Å². The van der Waals surface area contributed by atoms with Gasteiger partial charge in [0.15, 0.2) is 0 Å². The van der Waals surface area contributed by atoms with Gasteiger partial charge in [-0.05, 0) is 43.2 Å². The van der Waals surface area contributed by atoms with Crippen molar-refractivity contribution in [2.75, 3.05) is 31.1 Å². The van der Waals surface area contributed by atoms with Gasteiger partial charge in [0.05, 0.1) is 0 Å². The second kappa shape index (κ2) is 8.92. The molecule has 1 aromatic rings. The van der Waals surface area contributed by atoms with Gasteiger partial charge in [-0.3, -0.25) is 0 Å². The largest absolute Gasteiger partial charge is 0.396 e. The molecule has 2 rings (SSSR count). The van der Waals surface area contributed by atoms with Crippen LogP contribution in [0.1, 0.15) is 39.5 Å². The van der Waals surface area contributed by atoms with Gasteiger partial charge >= 0.3 is 6.03 Å². The predicted molar refractivity (Wildman–Crippen MR) is 98.3 cm³/mol. The number of hydrogen-bond acceptors (Lipinski definition) is 3. The number of para-hydroxylation sites is 1. The average Bonchev–Trinajstić information content (AvgIpc) is 2.60. The fourth-order valence-corrected chi connectivity index (χ4v) is 3.01. The monoisotopic (exact) mass is 333 g/mol. The molecule has 5 nitrogen and oxygen atoms in total. The first-order chi connectivity index (χ1) is 11.5. The Labute approximate surface area is 145 Å². The van der Waals surface area contributed by atoms with Gasteiger partial charge in [-0.1, -0.05) is 32.0 Å². The zero-order valence-corrected chi connectivity index (χ0v) is 14.9. The SMILES string of the molecule is CC(C)(CO)CCCNC(=O)NC1CCN(c2ccccc2)CC1. The summed E-state index contributed by atoms with van der Waals surface area (Å²) in [6, 6.07) is 10.6. The number of nitrogens with zero attached hydrogens (tertiary/aromatic N) is 1. The summed E-state index contributed by atoms with van der Waals surface area (Å²) in [5.41, 5.74) is 1.19. The van der Waals surface area contributed by atoms with Gasteiger partial charge in [0.2, 0.25) is 0 Å². The van der Waals surface area contributed by atoms with Crippen LogP contribution in [0.15, 0.2) is 30.3 Å². The number of piperidine rings is 1. The molecule has 0 radical (unpaired) electrons. The Kier molecular flexibility index (Phi) is 6.91. The summed E-state index contributed by atoms with van der Waals surface area (Å²) in [6.45, 7) is 6.85. The predicted octanol–water partition coefficient (Wildman–Crippen LogP) is 2.75. The lowest BCUT2D eigenvalue weighted by Crippen LogP contribution is -2.48. The van der Waals surface area contributed by atoms with Gasteiger partial charge in [0.1, 0.15) is 0 Å². The quantitative estimate of drug-likeness (QED) is 0.672. The highest BCUT2D eigenvalue weighted by Gasteiger charge is 2.21. The summed E-state index contributed by atoms with van der Waals surface area (Å²) in [4.78, 5) is 14.3. The van der Waals surface area contributed by atoms with Crippen molar-refractivity contribution in [1.82, 2.24) is 10.6 Å². The lowest BCUT2D eigenvalue weighted by atomic mass is 9.89. The lowest BCUT2D eigenvalue weighted by Gasteiger charge is -2.34. The summed E-state index contributed by atoms with van der Waals surface area (Å²) in [6.07, 6.45) is 3.73. The fraction of sp³-hybridized carbons (Fsp3) is 0.632. The van der Waals surface area contributed by atoms with E-state index >= 15 is 0 Å². The first-order valence-corrected chi connectivity index (χ1v) is 8.95. The van der Waals surface area contributed by atoms with Crippen LogP contribution in [0.3, 0.4) is 0 Å². The lowest BCUT2D eigenvalue weighted by molar-refractivity contribution is 0.148. The van der Waals surface area contributed by atoms with Crippen LogP contribution >= 0.6 is 0 Å². The minimum absolute atomic E-state index is 0.0670. The van der Waals surface area contributed by atoms with E-state index in [1.165, 1.54) is 5.69 Å². The van der Waals surface area contributed by atoms with E-state index in [0.29, 0.717) is 6.54 Å². The standard InChI is InChI=1S/C19H31N3O2/c1-19(2,15-23)11-6-12-20-18(24)21-16-9-13-22(14-10-16)17-7-4-3-5-8-17/h3-5,7-8,16,23H,6,9-15H2,1-2H3,(H2,20,21,24). The Bertz CT molecular complexity index is 497. The first-order valence-electron chi connectivity index (χ1n) is 8.95. The van der Waals surface area contributed by atoms with Crippen molar-refractivity contribution in [1.29, 1.82) is 0 Å². The molecule has 1 aliphatic heterocycles. The van der Waals surface area contributed by atoms with E-state index in [1.807, 2.05) is 19.9 Å². The van der Waals surface area contributed by atoms with Gasteiger partial charge in [0.25, 0.3) is 0 Å². The van der Waals surface area contributed by atoms with Crippen LogP contribution in [-0.2, 0) is 0 Å². The van der Waals surface area contributed by atoms with Crippen LogP contribution in [0.4, 0.5) is 10.5 Å². The van der Waals surface area contributed by atoms with Crippen molar-refractivity contribution in [3.05, 3.63) is 30.3 Å². The number of carbonyl (C=O) groups is 1. The molecule has 5 heteroatoms. The molecule has 0 bridgehead atoms. The highest BCUT2D eigenvalue weighted by Crippen LogP contribution is 2.21. The Morgan fingerprint density at radius 2 is 1.92 bits per heavy atom. The number of amides is 2. The van der Waals surface area contributed by atoms with Gasteiger partial charge in [-0.2, -0.15) is 0 Å². The molecule has 134 valence electrons. The molecule has 1 fully saturated rings. The van der Waals surface area contributed by atoms with Crippen LogP contribution in [0.2, 0.25) is 0 Å². The van der Waals surface area contributed by atoms with E-state index in [1.54, 1.807) is 0 Å². The minimum atomic E-state index is -0.0741. The third-order valence-electron chi connectivity index (χ3n) is 4.70. The van der Waals surface area contributed by atoms with E-state index < -0.39 is 0 Å². The summed E-state index contributed by atoms with van der Waals surface area (Å²) in [7, 11) is 0. The van der Waals surface area contributed by atoms with Crippen LogP contribution in [0.25, 0.3) is 0 Å². The summed E-state index contributed by atoms with van der Waals surface area (Å²) in [5, 5.41) is 15.2. The average molecular weight is 333 g/mol. The Morgan fingerprint density at radius 1 is 1.25 bits per heavy atom. The molecule has 24 heavy (non-hydrogen) atoms. The van der Waals surface area contributed by atoms with Crippen molar-refractivity contribution in [3.8, 4) is 0 Å². The topological polar surface area (TPSA) is 64.6 Å². The van der Waals surface area contributed by atoms with Gasteiger partial charge in [-0.15, -0.1) is 0 Å². The molecule has 2 amide bonds. The Morgan fingerprint density at radius 3 is 2.54 bits per heavy atom. The molecule has 1 saturated heterocycles. The molecule has 1 heterocycles. The zero-order chi connectivity index (χ0) is 17.4. The third-order valence-corrected chi connectivity index (χ3v) is 4.70. The highest BCUT2D eigenvalue weighted by atomic mass is 16.3. The molecule has 0 atom stereocenters. The van der Waals surface area contributed by atoms with Crippen molar-refractivity contribution >= 4 is 11.7 Å². The van der Waals surface area contributed by atoms with Gasteiger partial charge in [0, 0.05) is 38.0 Å². The maximum Gasteiger partial charge on any atom is 0.315 e. The summed E-state index contributed by atoms with van der Waals surface area (Å²) in [5.74, 6) is 0. The molecular formula is C19H31N3O2. The zero-order valence-electron chi connectivity index (χ0n) is 14.9. The van der Waals surface area contributed by atoms with Crippen molar-refractivity contribution in [2.45, 2.75) is 45.6 Å². The second-order valence-electron chi connectivity index (χ2n) is 7.42. The smallest absolute Gasteiger partial charge is 0.315 e. The second-order valence-corrected chi connectivity index (χ2v) is 7.42. The molecule has 3 N–H and O–H groups in total. The molecule has 0 aromatic heterocycles. The van der Waals surface area contributed by atoms with E-state index in [2.05, 4.69) is 39.8 Å². The normalized spacial score (nSPS) is 16.0. The van der Waals surface area contributed by atoms with E-state index in [9.17, 15) is 9.90 Å². The molecule has 1 aromatic carbocycles. The molecule has 0 aliphatic carbocycles. The van der Waals surface area contributed by atoms with Gasteiger partial charge in [-0.25, -0.2) is 4.79 Å². The number of rotatable bonds is 7. The number of aliphatic hydroxyl groups excluding tert-OH is 1. The maximum absolute atomic E-state index is 12.0. The van der Waals surface area contributed by atoms with E-state index in [-0.39, 0.29) is 24.1 Å². The number of hydrogen-bond donors (Lipinski definition) is 3. The highest BCUT2D eigenvalue weighted by molar-refractivity contribution is 5.74. The number of nitrogens with one attached hydrogen (secondary N) is 2. The number of aliphatic hydroxyl groups is 1. The van der Waals surface area contributed by atoms with Crippen molar-refractivity contribution < 1.29 is 9.90 Å².